The first-order valence-corrected chi connectivity index (χ1v) is 6.32. The number of aromatic nitrogens is 1. The van der Waals surface area contributed by atoms with Crippen molar-refractivity contribution in [3.8, 4) is 6.07 Å². The van der Waals surface area contributed by atoms with Gasteiger partial charge in [0.2, 0.25) is 0 Å². The van der Waals surface area contributed by atoms with E-state index in [9.17, 15) is 0 Å². The third kappa shape index (κ3) is 3.21. The molecule has 1 rings (SSSR count). The number of anilines is 1. The predicted molar refractivity (Wildman–Crippen MR) is 69.4 cm³/mol. The van der Waals surface area contributed by atoms with Gasteiger partial charge in [0, 0.05) is 23.8 Å². The molecule has 0 aromatic carbocycles. The van der Waals surface area contributed by atoms with Crippen molar-refractivity contribution in [1.29, 1.82) is 5.26 Å². The van der Waals surface area contributed by atoms with Crippen molar-refractivity contribution in [2.75, 3.05) is 18.0 Å². The van der Waals surface area contributed by atoms with Gasteiger partial charge in [0.1, 0.15) is 11.9 Å². The van der Waals surface area contributed by atoms with Gasteiger partial charge in [-0.1, -0.05) is 13.8 Å². The van der Waals surface area contributed by atoms with Crippen LogP contribution in [-0.4, -0.2) is 18.1 Å². The molecule has 1 heterocycles. The van der Waals surface area contributed by atoms with Crippen LogP contribution in [0.4, 0.5) is 5.82 Å². The zero-order valence-corrected chi connectivity index (χ0v) is 11.3. The van der Waals surface area contributed by atoms with Crippen LogP contribution in [0.2, 0.25) is 0 Å². The molecule has 0 saturated heterocycles. The first-order chi connectivity index (χ1) is 7.72. The van der Waals surface area contributed by atoms with Crippen LogP contribution in [0, 0.1) is 11.3 Å². The molecule has 0 saturated carbocycles. The Kier molecular flexibility index (Phi) is 5.27. The summed E-state index contributed by atoms with van der Waals surface area (Å²) in [7, 11) is 0. The number of pyridine rings is 1. The summed E-state index contributed by atoms with van der Waals surface area (Å²) in [5.74, 6) is 0.800. The van der Waals surface area contributed by atoms with Gasteiger partial charge >= 0.3 is 0 Å². The smallest absolute Gasteiger partial charge is 0.146 e. The van der Waals surface area contributed by atoms with Crippen LogP contribution in [0.1, 0.15) is 32.3 Å². The average molecular weight is 282 g/mol. The lowest BCUT2D eigenvalue weighted by Gasteiger charge is -2.23. The van der Waals surface area contributed by atoms with E-state index in [0.717, 1.165) is 36.2 Å². The van der Waals surface area contributed by atoms with Crippen LogP contribution >= 0.6 is 15.9 Å². The molecule has 0 aliphatic heterocycles. The minimum atomic E-state index is 0.635. The minimum absolute atomic E-state index is 0.635. The molecule has 0 atom stereocenters. The van der Waals surface area contributed by atoms with E-state index < -0.39 is 0 Å². The largest absolute Gasteiger partial charge is 0.356 e. The Morgan fingerprint density at radius 3 is 2.50 bits per heavy atom. The Balaban J connectivity index is 3.03. The van der Waals surface area contributed by atoms with Crippen molar-refractivity contribution in [1.82, 2.24) is 4.98 Å². The van der Waals surface area contributed by atoms with Crippen molar-refractivity contribution >= 4 is 21.7 Å². The van der Waals surface area contributed by atoms with Crippen molar-refractivity contribution in [2.24, 2.45) is 0 Å². The van der Waals surface area contributed by atoms with Gasteiger partial charge in [-0.3, -0.25) is 0 Å². The fraction of sp³-hybridized carbons (Fsp3) is 0.500. The molecular formula is C12H16BrN3. The maximum atomic E-state index is 9.09. The normalized spacial score (nSPS) is 9.88. The molecule has 0 aliphatic rings. The van der Waals surface area contributed by atoms with E-state index in [1.165, 1.54) is 0 Å². The standard InChI is InChI=1S/C12H16BrN3/c1-3-5-16(6-4-2)12-10(8-14)7-11(13)9-15-12/h7,9H,3-6H2,1-2H3. The van der Waals surface area contributed by atoms with Gasteiger partial charge in [-0.2, -0.15) is 5.26 Å². The van der Waals surface area contributed by atoms with E-state index in [0.29, 0.717) is 5.56 Å². The summed E-state index contributed by atoms with van der Waals surface area (Å²) in [6.45, 7) is 6.15. The molecule has 0 spiro atoms. The molecular weight excluding hydrogens is 266 g/mol. The number of rotatable bonds is 5. The van der Waals surface area contributed by atoms with E-state index in [1.807, 2.05) is 6.07 Å². The summed E-state index contributed by atoms with van der Waals surface area (Å²) >= 11 is 3.33. The number of hydrogen-bond acceptors (Lipinski definition) is 3. The van der Waals surface area contributed by atoms with Crippen LogP contribution in [0.3, 0.4) is 0 Å². The number of nitrogens with zero attached hydrogens (tertiary/aromatic N) is 3. The minimum Gasteiger partial charge on any atom is -0.356 e. The van der Waals surface area contributed by atoms with E-state index in [-0.39, 0.29) is 0 Å². The average Bonchev–Trinajstić information content (AvgIpc) is 2.28. The predicted octanol–water partition coefficient (Wildman–Crippen LogP) is 3.34. The lowest BCUT2D eigenvalue weighted by atomic mass is 10.2. The van der Waals surface area contributed by atoms with Crippen molar-refractivity contribution in [2.45, 2.75) is 26.7 Å². The second-order valence-corrected chi connectivity index (χ2v) is 4.54. The molecule has 0 N–H and O–H groups in total. The number of hydrogen-bond donors (Lipinski definition) is 0. The monoisotopic (exact) mass is 281 g/mol. The third-order valence-electron chi connectivity index (χ3n) is 2.24. The fourth-order valence-electron chi connectivity index (χ4n) is 1.63. The molecule has 0 aliphatic carbocycles. The van der Waals surface area contributed by atoms with Crippen LogP contribution in [0.15, 0.2) is 16.7 Å². The molecule has 86 valence electrons. The van der Waals surface area contributed by atoms with Crippen LogP contribution in [-0.2, 0) is 0 Å². The van der Waals surface area contributed by atoms with Crippen LogP contribution < -0.4 is 4.90 Å². The van der Waals surface area contributed by atoms with E-state index in [4.69, 9.17) is 5.26 Å². The van der Waals surface area contributed by atoms with E-state index >= 15 is 0 Å². The second-order valence-electron chi connectivity index (χ2n) is 3.62. The summed E-state index contributed by atoms with van der Waals surface area (Å²) in [5, 5.41) is 9.09. The molecule has 1 aromatic heterocycles. The quantitative estimate of drug-likeness (QED) is 0.831. The molecule has 0 unspecified atom stereocenters. The second kappa shape index (κ2) is 6.49. The Labute approximate surface area is 105 Å². The van der Waals surface area contributed by atoms with E-state index in [1.54, 1.807) is 6.20 Å². The van der Waals surface area contributed by atoms with Gasteiger partial charge in [0.25, 0.3) is 0 Å². The third-order valence-corrected chi connectivity index (χ3v) is 2.67. The maximum Gasteiger partial charge on any atom is 0.146 e. The summed E-state index contributed by atoms with van der Waals surface area (Å²) in [6.07, 6.45) is 3.86. The molecule has 4 heteroatoms. The lowest BCUT2D eigenvalue weighted by Crippen LogP contribution is -2.26. The van der Waals surface area contributed by atoms with Crippen LogP contribution in [0.25, 0.3) is 0 Å². The Morgan fingerprint density at radius 2 is 2.00 bits per heavy atom. The molecule has 1 aromatic rings. The molecule has 0 fully saturated rings. The molecule has 0 radical (unpaired) electrons. The molecule has 0 bridgehead atoms. The lowest BCUT2D eigenvalue weighted by molar-refractivity contribution is 0.733. The van der Waals surface area contributed by atoms with Gasteiger partial charge in [-0.15, -0.1) is 0 Å². The molecule has 0 amide bonds. The highest BCUT2D eigenvalue weighted by atomic mass is 79.9. The fourth-order valence-corrected chi connectivity index (χ4v) is 1.96. The summed E-state index contributed by atoms with van der Waals surface area (Å²) in [6, 6.07) is 4.02. The Bertz CT molecular complexity index is 378. The first-order valence-electron chi connectivity index (χ1n) is 5.53. The SMILES string of the molecule is CCCN(CCC)c1ncc(Br)cc1C#N. The number of halogens is 1. The highest BCUT2D eigenvalue weighted by molar-refractivity contribution is 9.10. The van der Waals surface area contributed by atoms with Gasteiger partial charge in [0.15, 0.2) is 0 Å². The van der Waals surface area contributed by atoms with Gasteiger partial charge in [-0.05, 0) is 34.8 Å². The van der Waals surface area contributed by atoms with Crippen molar-refractivity contribution in [3.05, 3.63) is 22.3 Å². The first kappa shape index (κ1) is 13.0. The van der Waals surface area contributed by atoms with Crippen LogP contribution in [0.5, 0.6) is 0 Å². The maximum absolute atomic E-state index is 9.09. The van der Waals surface area contributed by atoms with Crippen molar-refractivity contribution in [3.63, 3.8) is 0 Å². The summed E-state index contributed by atoms with van der Waals surface area (Å²) in [4.78, 5) is 6.51. The summed E-state index contributed by atoms with van der Waals surface area (Å²) in [5.41, 5.74) is 0.635. The van der Waals surface area contributed by atoms with Gasteiger partial charge in [0.05, 0.1) is 5.56 Å². The topological polar surface area (TPSA) is 39.9 Å². The van der Waals surface area contributed by atoms with Gasteiger partial charge < -0.3 is 4.90 Å². The molecule has 16 heavy (non-hydrogen) atoms. The Hall–Kier alpha value is -1.08. The number of nitriles is 1. The Morgan fingerprint density at radius 1 is 1.38 bits per heavy atom. The van der Waals surface area contributed by atoms with E-state index in [2.05, 4.69) is 45.7 Å². The summed E-state index contributed by atoms with van der Waals surface area (Å²) < 4.78 is 0.848. The molecule has 3 nitrogen and oxygen atoms in total. The highest BCUT2D eigenvalue weighted by Gasteiger charge is 2.11. The van der Waals surface area contributed by atoms with Crippen molar-refractivity contribution < 1.29 is 0 Å². The zero-order chi connectivity index (χ0) is 12.0. The van der Waals surface area contributed by atoms with Gasteiger partial charge in [-0.25, -0.2) is 4.98 Å². The zero-order valence-electron chi connectivity index (χ0n) is 9.70. The highest BCUT2D eigenvalue weighted by Crippen LogP contribution is 2.21.